The second kappa shape index (κ2) is 5.51. The van der Waals surface area contributed by atoms with Crippen LogP contribution >= 0.6 is 11.3 Å². The van der Waals surface area contributed by atoms with E-state index in [4.69, 9.17) is 4.42 Å². The van der Waals surface area contributed by atoms with Crippen LogP contribution < -0.4 is 5.32 Å². The summed E-state index contributed by atoms with van der Waals surface area (Å²) in [4.78, 5) is 12.0. The van der Waals surface area contributed by atoms with Gasteiger partial charge in [-0.25, -0.2) is 0 Å². The van der Waals surface area contributed by atoms with Crippen molar-refractivity contribution in [1.82, 2.24) is 5.32 Å². The average Bonchev–Trinajstić information content (AvgIpc) is 3.06. The maximum atomic E-state index is 12.0. The topological polar surface area (TPSA) is 42.2 Å². The van der Waals surface area contributed by atoms with Gasteiger partial charge in [-0.05, 0) is 41.4 Å². The van der Waals surface area contributed by atoms with E-state index in [0.717, 1.165) is 22.3 Å². The van der Waals surface area contributed by atoms with Crippen LogP contribution in [0, 0.1) is 0 Å². The molecule has 1 atom stereocenters. The third-order valence-electron chi connectivity index (χ3n) is 3.19. The molecule has 0 spiro atoms. The fourth-order valence-electron chi connectivity index (χ4n) is 2.16. The van der Waals surface area contributed by atoms with E-state index in [1.807, 2.05) is 54.1 Å². The second-order valence-corrected chi connectivity index (χ2v) is 5.56. The van der Waals surface area contributed by atoms with Gasteiger partial charge in [0.1, 0.15) is 11.3 Å². The maximum absolute atomic E-state index is 12.0. The smallest absolute Gasteiger partial charge is 0.225 e. The molecule has 4 heteroatoms. The summed E-state index contributed by atoms with van der Waals surface area (Å²) >= 11 is 1.60. The van der Waals surface area contributed by atoms with Gasteiger partial charge in [-0.1, -0.05) is 18.2 Å². The van der Waals surface area contributed by atoms with Crippen molar-refractivity contribution in [3.05, 3.63) is 58.5 Å². The number of fused-ring (bicyclic) bond motifs is 1. The Balaban J connectivity index is 1.69. The quantitative estimate of drug-likeness (QED) is 0.789. The zero-order valence-electron chi connectivity index (χ0n) is 11.1. The molecule has 0 aliphatic rings. The molecule has 102 valence electrons. The van der Waals surface area contributed by atoms with Crippen LogP contribution in [0.2, 0.25) is 0 Å². The Morgan fingerprint density at radius 3 is 2.95 bits per heavy atom. The van der Waals surface area contributed by atoms with Gasteiger partial charge >= 0.3 is 0 Å². The van der Waals surface area contributed by atoms with Gasteiger partial charge in [0.15, 0.2) is 0 Å². The largest absolute Gasteiger partial charge is 0.459 e. The van der Waals surface area contributed by atoms with Gasteiger partial charge in [0.25, 0.3) is 0 Å². The summed E-state index contributed by atoms with van der Waals surface area (Å²) in [6, 6.07) is 11.7. The third-order valence-corrected chi connectivity index (χ3v) is 3.93. The lowest BCUT2D eigenvalue weighted by Crippen LogP contribution is -2.27. The summed E-state index contributed by atoms with van der Waals surface area (Å²) < 4.78 is 5.75. The van der Waals surface area contributed by atoms with Crippen LogP contribution in [0.15, 0.2) is 51.6 Å². The lowest BCUT2D eigenvalue weighted by atomic mass is 10.2. The zero-order valence-corrected chi connectivity index (χ0v) is 11.9. The summed E-state index contributed by atoms with van der Waals surface area (Å²) in [5.74, 6) is 0.793. The van der Waals surface area contributed by atoms with Crippen molar-refractivity contribution in [2.24, 2.45) is 0 Å². The number of carbonyl (C=O) groups is 1. The molecule has 0 radical (unpaired) electrons. The van der Waals surface area contributed by atoms with Gasteiger partial charge in [0.2, 0.25) is 5.91 Å². The Morgan fingerprint density at radius 2 is 2.20 bits per heavy atom. The highest BCUT2D eigenvalue weighted by molar-refractivity contribution is 7.07. The predicted molar refractivity (Wildman–Crippen MR) is 80.8 cm³/mol. The molecule has 2 aromatic heterocycles. The fraction of sp³-hybridized carbons (Fsp3) is 0.188. The maximum Gasteiger partial charge on any atom is 0.225 e. The predicted octanol–water partition coefficient (Wildman–Crippen LogP) is 3.91. The van der Waals surface area contributed by atoms with Crippen LogP contribution in [0.3, 0.4) is 0 Å². The van der Waals surface area contributed by atoms with Gasteiger partial charge in [0.05, 0.1) is 12.5 Å². The van der Waals surface area contributed by atoms with Gasteiger partial charge in [-0.3, -0.25) is 4.79 Å². The molecule has 0 bridgehead atoms. The first-order valence-corrected chi connectivity index (χ1v) is 7.45. The first-order chi connectivity index (χ1) is 9.72. The van der Waals surface area contributed by atoms with Crippen LogP contribution in [0.4, 0.5) is 0 Å². The summed E-state index contributed by atoms with van der Waals surface area (Å²) in [6.07, 6.45) is 0.411. The minimum atomic E-state index is -0.131. The highest BCUT2D eigenvalue weighted by atomic mass is 32.1. The molecule has 3 aromatic rings. The van der Waals surface area contributed by atoms with E-state index in [0.29, 0.717) is 6.42 Å². The van der Waals surface area contributed by atoms with Crippen LogP contribution in [-0.2, 0) is 11.2 Å². The number of benzene rings is 1. The lowest BCUT2D eigenvalue weighted by molar-refractivity contribution is -0.121. The molecule has 3 nitrogen and oxygen atoms in total. The molecule has 0 fully saturated rings. The van der Waals surface area contributed by atoms with Crippen LogP contribution in [-0.4, -0.2) is 5.91 Å². The number of hydrogen-bond donors (Lipinski definition) is 1. The van der Waals surface area contributed by atoms with E-state index < -0.39 is 0 Å². The number of rotatable bonds is 4. The second-order valence-electron chi connectivity index (χ2n) is 4.78. The molecular weight excluding hydrogens is 270 g/mol. The van der Waals surface area contributed by atoms with E-state index in [1.165, 1.54) is 0 Å². The van der Waals surface area contributed by atoms with Crippen molar-refractivity contribution in [3.63, 3.8) is 0 Å². The molecule has 1 amide bonds. The molecule has 3 rings (SSSR count). The van der Waals surface area contributed by atoms with Crippen molar-refractivity contribution in [3.8, 4) is 0 Å². The lowest BCUT2D eigenvalue weighted by Gasteiger charge is -2.10. The summed E-state index contributed by atoms with van der Waals surface area (Å²) in [7, 11) is 0. The van der Waals surface area contributed by atoms with Crippen molar-refractivity contribution >= 4 is 28.2 Å². The van der Waals surface area contributed by atoms with Gasteiger partial charge in [0, 0.05) is 5.39 Å². The van der Waals surface area contributed by atoms with Gasteiger partial charge in [-0.15, -0.1) is 0 Å². The number of furan rings is 1. The highest BCUT2D eigenvalue weighted by Crippen LogP contribution is 2.23. The molecule has 20 heavy (non-hydrogen) atoms. The van der Waals surface area contributed by atoms with Crippen molar-refractivity contribution in [2.45, 2.75) is 19.4 Å². The van der Waals surface area contributed by atoms with E-state index in [-0.39, 0.29) is 11.9 Å². The number of para-hydroxylation sites is 1. The van der Waals surface area contributed by atoms with Crippen LogP contribution in [0.5, 0.6) is 0 Å². The summed E-state index contributed by atoms with van der Waals surface area (Å²) in [6.45, 7) is 1.93. The molecular formula is C16H15NO2S. The van der Waals surface area contributed by atoms with E-state index in [2.05, 4.69) is 5.32 Å². The Labute approximate surface area is 121 Å². The summed E-state index contributed by atoms with van der Waals surface area (Å²) in [5.41, 5.74) is 1.89. The highest BCUT2D eigenvalue weighted by Gasteiger charge is 2.14. The van der Waals surface area contributed by atoms with E-state index >= 15 is 0 Å². The fourth-order valence-corrected chi connectivity index (χ4v) is 2.83. The number of amides is 1. The van der Waals surface area contributed by atoms with Crippen molar-refractivity contribution < 1.29 is 9.21 Å². The van der Waals surface area contributed by atoms with Crippen molar-refractivity contribution in [1.29, 1.82) is 0 Å². The number of nitrogens with one attached hydrogen (secondary N) is 1. The van der Waals surface area contributed by atoms with E-state index in [1.54, 1.807) is 11.3 Å². The molecule has 0 aliphatic carbocycles. The molecule has 1 aromatic carbocycles. The van der Waals surface area contributed by atoms with Crippen LogP contribution in [0.1, 0.15) is 24.3 Å². The van der Waals surface area contributed by atoms with E-state index in [9.17, 15) is 4.79 Å². The first-order valence-electron chi connectivity index (χ1n) is 6.51. The summed E-state index contributed by atoms with van der Waals surface area (Å²) in [5, 5.41) is 7.99. The molecule has 0 aliphatic heterocycles. The number of carbonyl (C=O) groups excluding carboxylic acids is 1. The molecule has 1 N–H and O–H groups in total. The molecule has 0 saturated heterocycles. The minimum Gasteiger partial charge on any atom is -0.459 e. The first kappa shape index (κ1) is 12.9. The standard InChI is InChI=1S/C16H15NO2S/c1-11(17-16(18)8-12-6-7-20-10-12)15-9-13-4-2-3-5-14(13)19-15/h2-7,9-11H,8H2,1H3,(H,17,18)/t11-/m1/s1. The number of thiophene rings is 1. The van der Waals surface area contributed by atoms with Gasteiger partial charge in [-0.2, -0.15) is 11.3 Å². The Hall–Kier alpha value is -2.07. The average molecular weight is 285 g/mol. The van der Waals surface area contributed by atoms with Crippen LogP contribution in [0.25, 0.3) is 11.0 Å². The monoisotopic (exact) mass is 285 g/mol. The number of hydrogen-bond acceptors (Lipinski definition) is 3. The Kier molecular flexibility index (Phi) is 3.56. The normalized spacial score (nSPS) is 12.4. The molecule has 0 unspecified atom stereocenters. The van der Waals surface area contributed by atoms with Crippen molar-refractivity contribution in [2.75, 3.05) is 0 Å². The SMILES string of the molecule is C[C@@H](NC(=O)Cc1ccsc1)c1cc2ccccc2o1. The Bertz CT molecular complexity index is 682. The molecule has 2 heterocycles. The molecule has 0 saturated carbocycles. The van der Waals surface area contributed by atoms with Gasteiger partial charge < -0.3 is 9.73 Å². The Morgan fingerprint density at radius 1 is 1.35 bits per heavy atom. The zero-order chi connectivity index (χ0) is 13.9. The minimum absolute atomic E-state index is 0.0105. The third kappa shape index (κ3) is 2.75.